The predicted octanol–water partition coefficient (Wildman–Crippen LogP) is 3.06. The Labute approximate surface area is 151 Å². The highest BCUT2D eigenvalue weighted by Gasteiger charge is 2.70. The van der Waals surface area contributed by atoms with Crippen molar-refractivity contribution in [3.05, 3.63) is 0 Å². The second kappa shape index (κ2) is 5.92. The number of hydrogen-bond acceptors (Lipinski definition) is 5. The number of fused-ring (bicyclic) bond motifs is 1. The second-order valence-electron chi connectivity index (χ2n) is 10.1. The molecule has 2 N–H and O–H groups in total. The van der Waals surface area contributed by atoms with E-state index in [4.69, 9.17) is 9.47 Å². The van der Waals surface area contributed by atoms with Gasteiger partial charge in [-0.1, -0.05) is 41.5 Å². The first kappa shape index (κ1) is 19.1. The van der Waals surface area contributed by atoms with Crippen LogP contribution < -0.4 is 0 Å². The molecule has 1 aliphatic heterocycles. The van der Waals surface area contributed by atoms with Gasteiger partial charge in [-0.3, -0.25) is 0 Å². The van der Waals surface area contributed by atoms with Gasteiger partial charge in [0.15, 0.2) is 12.6 Å². The average molecular weight is 351 g/mol. The SMILES string of the molecule is CC(C)CC(C)(C(O)OC1C2CC3C1OC(O)C3(C#N)C2)C(C)(C)C. The van der Waals surface area contributed by atoms with E-state index in [9.17, 15) is 15.5 Å². The number of nitriles is 1. The van der Waals surface area contributed by atoms with E-state index in [0.29, 0.717) is 12.3 Å². The molecule has 5 heteroatoms. The fourth-order valence-corrected chi connectivity index (χ4v) is 5.40. The molecule has 25 heavy (non-hydrogen) atoms. The van der Waals surface area contributed by atoms with Crippen LogP contribution in [0, 0.1) is 45.3 Å². The van der Waals surface area contributed by atoms with Gasteiger partial charge in [-0.05, 0) is 36.5 Å². The number of aliphatic hydroxyl groups is 2. The van der Waals surface area contributed by atoms with E-state index in [1.807, 2.05) is 0 Å². The summed E-state index contributed by atoms with van der Waals surface area (Å²) >= 11 is 0. The summed E-state index contributed by atoms with van der Waals surface area (Å²) in [5.41, 5.74) is -1.29. The molecular formula is C20H33NO4. The minimum Gasteiger partial charge on any atom is -0.367 e. The third-order valence-corrected chi connectivity index (χ3v) is 7.31. The summed E-state index contributed by atoms with van der Waals surface area (Å²) in [5.74, 6) is 0.628. The van der Waals surface area contributed by atoms with Crippen molar-refractivity contribution in [1.82, 2.24) is 0 Å². The Bertz CT molecular complexity index is 565. The summed E-state index contributed by atoms with van der Waals surface area (Å²) in [7, 11) is 0. The monoisotopic (exact) mass is 351 g/mol. The Morgan fingerprint density at radius 3 is 2.48 bits per heavy atom. The van der Waals surface area contributed by atoms with Gasteiger partial charge >= 0.3 is 0 Å². The molecule has 8 unspecified atom stereocenters. The van der Waals surface area contributed by atoms with Crippen molar-refractivity contribution >= 4 is 0 Å². The van der Waals surface area contributed by atoms with Gasteiger partial charge in [-0.15, -0.1) is 0 Å². The first-order valence-corrected chi connectivity index (χ1v) is 9.54. The van der Waals surface area contributed by atoms with Crippen LogP contribution in [0.25, 0.3) is 0 Å². The van der Waals surface area contributed by atoms with Crippen LogP contribution >= 0.6 is 0 Å². The largest absolute Gasteiger partial charge is 0.367 e. The second-order valence-corrected chi connectivity index (χ2v) is 10.1. The lowest BCUT2D eigenvalue weighted by Crippen LogP contribution is -2.50. The fourth-order valence-electron chi connectivity index (χ4n) is 5.40. The molecule has 5 nitrogen and oxygen atoms in total. The van der Waals surface area contributed by atoms with Gasteiger partial charge in [-0.2, -0.15) is 5.26 Å². The van der Waals surface area contributed by atoms with Crippen LogP contribution in [-0.2, 0) is 9.47 Å². The normalized spacial score (nSPS) is 43.3. The third-order valence-electron chi connectivity index (χ3n) is 7.31. The minimum absolute atomic E-state index is 0.0145. The van der Waals surface area contributed by atoms with E-state index in [-0.39, 0.29) is 29.5 Å². The molecule has 1 saturated heterocycles. The Balaban J connectivity index is 1.79. The molecule has 0 aromatic rings. The lowest BCUT2D eigenvalue weighted by Gasteiger charge is -2.47. The van der Waals surface area contributed by atoms with E-state index < -0.39 is 23.4 Å². The maximum absolute atomic E-state index is 11.1. The highest BCUT2D eigenvalue weighted by molar-refractivity contribution is 5.22. The zero-order valence-corrected chi connectivity index (χ0v) is 16.3. The topological polar surface area (TPSA) is 82.7 Å². The van der Waals surface area contributed by atoms with Gasteiger partial charge in [0, 0.05) is 11.3 Å². The van der Waals surface area contributed by atoms with Crippen LogP contribution in [0.5, 0.6) is 0 Å². The van der Waals surface area contributed by atoms with Crippen LogP contribution in [0.15, 0.2) is 0 Å². The van der Waals surface area contributed by atoms with Gasteiger partial charge < -0.3 is 19.7 Å². The third kappa shape index (κ3) is 2.65. The lowest BCUT2D eigenvalue weighted by atomic mass is 9.63. The van der Waals surface area contributed by atoms with E-state index in [0.717, 1.165) is 12.8 Å². The van der Waals surface area contributed by atoms with Crippen LogP contribution in [0.2, 0.25) is 0 Å². The molecule has 142 valence electrons. The van der Waals surface area contributed by atoms with E-state index in [1.165, 1.54) is 0 Å². The van der Waals surface area contributed by atoms with Gasteiger partial charge in [0.05, 0.1) is 18.3 Å². The van der Waals surface area contributed by atoms with Gasteiger partial charge in [0.2, 0.25) is 0 Å². The smallest absolute Gasteiger partial charge is 0.174 e. The number of nitrogens with zero attached hydrogens (tertiary/aromatic N) is 1. The number of ether oxygens (including phenoxy) is 2. The van der Waals surface area contributed by atoms with Crippen molar-refractivity contribution in [2.45, 2.75) is 85.6 Å². The summed E-state index contributed by atoms with van der Waals surface area (Å²) in [5, 5.41) is 30.9. The van der Waals surface area contributed by atoms with Crippen LogP contribution in [0.1, 0.15) is 60.8 Å². The number of aliphatic hydroxyl groups excluding tert-OH is 2. The molecule has 0 aromatic carbocycles. The van der Waals surface area contributed by atoms with Crippen LogP contribution in [0.4, 0.5) is 0 Å². The zero-order valence-electron chi connectivity index (χ0n) is 16.3. The Hall–Kier alpha value is -0.670. The van der Waals surface area contributed by atoms with Crippen molar-refractivity contribution in [2.75, 3.05) is 0 Å². The van der Waals surface area contributed by atoms with Crippen molar-refractivity contribution < 1.29 is 19.7 Å². The molecule has 0 amide bonds. The van der Waals surface area contributed by atoms with Crippen molar-refractivity contribution in [3.63, 3.8) is 0 Å². The maximum Gasteiger partial charge on any atom is 0.174 e. The van der Waals surface area contributed by atoms with Crippen LogP contribution in [-0.4, -0.2) is 35.0 Å². The Morgan fingerprint density at radius 1 is 1.32 bits per heavy atom. The molecule has 0 radical (unpaired) electrons. The van der Waals surface area contributed by atoms with E-state index >= 15 is 0 Å². The predicted molar refractivity (Wildman–Crippen MR) is 93.0 cm³/mol. The summed E-state index contributed by atoms with van der Waals surface area (Å²) in [6.45, 7) is 12.8. The Morgan fingerprint density at radius 2 is 1.96 bits per heavy atom. The maximum atomic E-state index is 11.1. The van der Waals surface area contributed by atoms with Crippen LogP contribution in [0.3, 0.4) is 0 Å². The van der Waals surface area contributed by atoms with E-state index in [1.54, 1.807) is 0 Å². The number of hydrogen-bond donors (Lipinski definition) is 2. The highest BCUT2D eigenvalue weighted by atomic mass is 16.7. The Kier molecular flexibility index (Phi) is 4.52. The molecule has 3 aliphatic rings. The van der Waals surface area contributed by atoms with Crippen molar-refractivity contribution in [1.29, 1.82) is 5.26 Å². The molecule has 1 heterocycles. The molecule has 2 aliphatic carbocycles. The summed E-state index contributed by atoms with van der Waals surface area (Å²) < 4.78 is 11.9. The fraction of sp³-hybridized carbons (Fsp3) is 0.950. The highest BCUT2D eigenvalue weighted by Crippen LogP contribution is 2.64. The summed E-state index contributed by atoms with van der Waals surface area (Å²) in [6, 6.07) is 2.31. The molecule has 0 aromatic heterocycles. The quantitative estimate of drug-likeness (QED) is 0.744. The first-order chi connectivity index (χ1) is 11.5. The molecule has 8 atom stereocenters. The molecule has 3 fully saturated rings. The molecule has 2 bridgehead atoms. The summed E-state index contributed by atoms with van der Waals surface area (Å²) in [6.07, 6.45) is -0.180. The molecule has 3 rings (SSSR count). The van der Waals surface area contributed by atoms with Gasteiger partial charge in [0.25, 0.3) is 0 Å². The van der Waals surface area contributed by atoms with Crippen molar-refractivity contribution in [3.8, 4) is 6.07 Å². The van der Waals surface area contributed by atoms with Gasteiger partial charge in [-0.25, -0.2) is 0 Å². The average Bonchev–Trinajstić information content (AvgIpc) is 3.07. The molecule has 2 saturated carbocycles. The summed E-state index contributed by atoms with van der Waals surface area (Å²) in [4.78, 5) is 0. The standard InChI is InChI=1S/C20H33NO4/c1-11(2)8-19(6,18(3,4)5)16(22)24-14-12-7-13-15(14)25-17(23)20(13,9-12)10-21/h11-17,22-23H,7-9H2,1-6H3. The first-order valence-electron chi connectivity index (χ1n) is 9.54. The lowest BCUT2D eigenvalue weighted by molar-refractivity contribution is -0.252. The zero-order chi connectivity index (χ0) is 18.8. The minimum atomic E-state index is -1.03. The number of rotatable bonds is 5. The molecular weight excluding hydrogens is 318 g/mol. The van der Waals surface area contributed by atoms with E-state index in [2.05, 4.69) is 47.6 Å². The van der Waals surface area contributed by atoms with Crippen molar-refractivity contribution in [2.24, 2.45) is 34.0 Å². The van der Waals surface area contributed by atoms with Gasteiger partial charge in [0.1, 0.15) is 5.41 Å². The molecule has 0 spiro atoms.